The molecule has 1 atom stereocenters. The van der Waals surface area contributed by atoms with Crippen molar-refractivity contribution in [3.63, 3.8) is 0 Å². The summed E-state index contributed by atoms with van der Waals surface area (Å²) in [5.74, 6) is 0.158. The lowest BCUT2D eigenvalue weighted by atomic mass is 9.87. The van der Waals surface area contributed by atoms with Crippen molar-refractivity contribution in [3.8, 4) is 0 Å². The Morgan fingerprint density at radius 1 is 1.35 bits per heavy atom. The van der Waals surface area contributed by atoms with E-state index in [0.29, 0.717) is 6.42 Å². The first-order valence-electron chi connectivity index (χ1n) is 6.05. The third kappa shape index (κ3) is 2.68. The molecule has 0 aliphatic carbocycles. The van der Waals surface area contributed by atoms with E-state index in [1.165, 1.54) is 10.9 Å². The number of alkyl halides is 1. The normalized spacial score (nSPS) is 14.1. The fraction of sp³-hybridized carbons (Fsp3) is 0.400. The van der Waals surface area contributed by atoms with Crippen molar-refractivity contribution >= 4 is 10.9 Å². The van der Waals surface area contributed by atoms with Gasteiger partial charge in [0, 0.05) is 17.1 Å². The number of benzene rings is 1. The lowest BCUT2D eigenvalue weighted by Crippen LogP contribution is -2.16. The maximum atomic E-state index is 13.8. The summed E-state index contributed by atoms with van der Waals surface area (Å²) in [5, 5.41) is 1.19. The van der Waals surface area contributed by atoms with Crippen molar-refractivity contribution in [2.45, 2.75) is 38.8 Å². The standard InChI is InChI=1S/C15H19FN/c1-4-11(9-15(2,3)16)13-10-17-14-8-6-5-7-12(13)14/h4-8,10-11,17H,9H2,1-3H3/t11-/m1/s1. The number of hydrogen-bond donors (Lipinski definition) is 1. The van der Waals surface area contributed by atoms with Gasteiger partial charge >= 0.3 is 0 Å². The number of nitrogens with one attached hydrogen (secondary N) is 1. The molecule has 2 rings (SSSR count). The van der Waals surface area contributed by atoms with Gasteiger partial charge in [0.15, 0.2) is 0 Å². The van der Waals surface area contributed by atoms with Gasteiger partial charge in [0.25, 0.3) is 0 Å². The summed E-state index contributed by atoms with van der Waals surface area (Å²) < 4.78 is 13.8. The second-order valence-electron chi connectivity index (χ2n) is 5.15. The van der Waals surface area contributed by atoms with Crippen LogP contribution in [-0.2, 0) is 0 Å². The Labute approximate surface area is 102 Å². The molecule has 0 fully saturated rings. The minimum Gasteiger partial charge on any atom is -0.361 e. The average Bonchev–Trinajstić information content (AvgIpc) is 2.68. The molecule has 1 radical (unpaired) electrons. The smallest absolute Gasteiger partial charge is 0.106 e. The van der Waals surface area contributed by atoms with Gasteiger partial charge in [-0.3, -0.25) is 0 Å². The maximum Gasteiger partial charge on any atom is 0.106 e. The van der Waals surface area contributed by atoms with Crippen molar-refractivity contribution in [2.75, 3.05) is 0 Å². The van der Waals surface area contributed by atoms with E-state index in [1.807, 2.05) is 31.3 Å². The summed E-state index contributed by atoms with van der Waals surface area (Å²) in [6.07, 6.45) is 4.60. The first-order chi connectivity index (χ1) is 8.01. The zero-order chi connectivity index (χ0) is 12.5. The van der Waals surface area contributed by atoms with Gasteiger partial charge in [-0.05, 0) is 44.2 Å². The lowest BCUT2D eigenvalue weighted by molar-refractivity contribution is 0.193. The van der Waals surface area contributed by atoms with E-state index in [-0.39, 0.29) is 5.92 Å². The molecular weight excluding hydrogens is 213 g/mol. The Morgan fingerprint density at radius 2 is 2.06 bits per heavy atom. The van der Waals surface area contributed by atoms with Crippen LogP contribution in [0, 0.1) is 6.42 Å². The molecule has 0 saturated carbocycles. The SMILES string of the molecule is C[CH][C@H](CC(C)(C)F)c1c[nH]c2ccccc12. The number of aromatic nitrogens is 1. The molecule has 2 heteroatoms. The molecule has 0 spiro atoms. The van der Waals surface area contributed by atoms with Crippen LogP contribution in [0.25, 0.3) is 10.9 Å². The van der Waals surface area contributed by atoms with E-state index >= 15 is 0 Å². The molecule has 0 amide bonds. The molecule has 0 aliphatic rings. The summed E-state index contributed by atoms with van der Waals surface area (Å²) in [5.41, 5.74) is 1.16. The van der Waals surface area contributed by atoms with Crippen molar-refractivity contribution in [3.05, 3.63) is 42.4 Å². The number of H-pyrrole nitrogens is 1. The molecule has 0 unspecified atom stereocenters. The molecule has 0 aliphatic heterocycles. The zero-order valence-corrected chi connectivity index (χ0v) is 10.6. The maximum absolute atomic E-state index is 13.8. The average molecular weight is 232 g/mol. The van der Waals surface area contributed by atoms with Crippen LogP contribution in [0.5, 0.6) is 0 Å². The fourth-order valence-electron chi connectivity index (χ4n) is 2.33. The van der Waals surface area contributed by atoms with Crippen LogP contribution < -0.4 is 0 Å². The quantitative estimate of drug-likeness (QED) is 0.792. The summed E-state index contributed by atoms with van der Waals surface area (Å²) in [4.78, 5) is 3.25. The second kappa shape index (κ2) is 4.52. The van der Waals surface area contributed by atoms with Crippen LogP contribution in [-0.4, -0.2) is 10.7 Å². The molecule has 91 valence electrons. The molecule has 1 nitrogen and oxygen atoms in total. The van der Waals surface area contributed by atoms with Gasteiger partial charge in [-0.1, -0.05) is 25.1 Å². The monoisotopic (exact) mass is 232 g/mol. The van der Waals surface area contributed by atoms with Crippen LogP contribution in [0.1, 0.15) is 38.7 Å². The fourth-order valence-corrected chi connectivity index (χ4v) is 2.33. The first-order valence-corrected chi connectivity index (χ1v) is 6.05. The van der Waals surface area contributed by atoms with Gasteiger partial charge in [0.2, 0.25) is 0 Å². The summed E-state index contributed by atoms with van der Waals surface area (Å²) >= 11 is 0. The number of aromatic amines is 1. The van der Waals surface area contributed by atoms with Crippen molar-refractivity contribution < 1.29 is 4.39 Å². The Bertz CT molecular complexity index is 493. The number of fused-ring (bicyclic) bond motifs is 1. The molecule has 1 N–H and O–H groups in total. The van der Waals surface area contributed by atoms with E-state index in [4.69, 9.17) is 0 Å². The van der Waals surface area contributed by atoms with Gasteiger partial charge in [0.1, 0.15) is 5.67 Å². The molecule has 1 heterocycles. The number of para-hydroxylation sites is 1. The molecule has 0 bridgehead atoms. The zero-order valence-electron chi connectivity index (χ0n) is 10.6. The van der Waals surface area contributed by atoms with E-state index < -0.39 is 5.67 Å². The second-order valence-corrected chi connectivity index (χ2v) is 5.15. The number of hydrogen-bond acceptors (Lipinski definition) is 0. The van der Waals surface area contributed by atoms with Crippen LogP contribution in [0.3, 0.4) is 0 Å². The van der Waals surface area contributed by atoms with Gasteiger partial charge in [-0.15, -0.1) is 0 Å². The molecular formula is C15H19FN. The van der Waals surface area contributed by atoms with Crippen LogP contribution >= 0.6 is 0 Å². The predicted molar refractivity (Wildman–Crippen MR) is 70.8 cm³/mol. The highest BCUT2D eigenvalue weighted by Gasteiger charge is 2.24. The van der Waals surface area contributed by atoms with Crippen molar-refractivity contribution in [1.82, 2.24) is 4.98 Å². The Kier molecular flexibility index (Phi) is 3.23. The highest BCUT2D eigenvalue weighted by Crippen LogP contribution is 2.34. The van der Waals surface area contributed by atoms with Gasteiger partial charge < -0.3 is 4.98 Å². The van der Waals surface area contributed by atoms with Crippen LogP contribution in [0.15, 0.2) is 30.5 Å². The van der Waals surface area contributed by atoms with Gasteiger partial charge in [-0.2, -0.15) is 0 Å². The third-order valence-corrected chi connectivity index (χ3v) is 3.13. The highest BCUT2D eigenvalue weighted by atomic mass is 19.1. The minimum atomic E-state index is -1.14. The molecule has 1 aromatic heterocycles. The van der Waals surface area contributed by atoms with Gasteiger partial charge in [-0.25, -0.2) is 4.39 Å². The Hall–Kier alpha value is -1.31. The van der Waals surface area contributed by atoms with E-state index in [2.05, 4.69) is 17.5 Å². The highest BCUT2D eigenvalue weighted by molar-refractivity contribution is 5.83. The number of rotatable bonds is 4. The third-order valence-electron chi connectivity index (χ3n) is 3.13. The van der Waals surface area contributed by atoms with Crippen LogP contribution in [0.2, 0.25) is 0 Å². The topological polar surface area (TPSA) is 15.8 Å². The molecule has 0 saturated heterocycles. The van der Waals surface area contributed by atoms with Crippen LogP contribution in [0.4, 0.5) is 4.39 Å². The first kappa shape index (κ1) is 12.2. The molecule has 1 aromatic carbocycles. The number of halogens is 1. The van der Waals surface area contributed by atoms with E-state index in [1.54, 1.807) is 13.8 Å². The summed E-state index contributed by atoms with van der Waals surface area (Å²) in [7, 11) is 0. The molecule has 17 heavy (non-hydrogen) atoms. The Balaban J connectivity index is 2.37. The predicted octanol–water partition coefficient (Wildman–Crippen LogP) is 4.61. The lowest BCUT2D eigenvalue weighted by Gasteiger charge is -2.21. The Morgan fingerprint density at radius 3 is 2.71 bits per heavy atom. The summed E-state index contributed by atoms with van der Waals surface area (Å²) in [6, 6.07) is 8.16. The largest absolute Gasteiger partial charge is 0.361 e. The van der Waals surface area contributed by atoms with Gasteiger partial charge in [0.05, 0.1) is 0 Å². The minimum absolute atomic E-state index is 0.158. The van der Waals surface area contributed by atoms with E-state index in [0.717, 1.165) is 5.52 Å². The van der Waals surface area contributed by atoms with Crippen molar-refractivity contribution in [1.29, 1.82) is 0 Å². The summed E-state index contributed by atoms with van der Waals surface area (Å²) in [6.45, 7) is 5.27. The molecule has 2 aromatic rings. The van der Waals surface area contributed by atoms with E-state index in [9.17, 15) is 4.39 Å². The van der Waals surface area contributed by atoms with Crippen molar-refractivity contribution in [2.24, 2.45) is 0 Å².